The lowest BCUT2D eigenvalue weighted by Gasteiger charge is -2.23. The molecule has 23 heavy (non-hydrogen) atoms. The van der Waals surface area contributed by atoms with E-state index in [-0.39, 0.29) is 17.8 Å². The topological polar surface area (TPSA) is 48.1 Å². The van der Waals surface area contributed by atoms with E-state index >= 15 is 0 Å². The van der Waals surface area contributed by atoms with E-state index in [1.165, 1.54) is 17.0 Å². The fourth-order valence-electron chi connectivity index (χ4n) is 2.53. The molecule has 2 heterocycles. The number of H-pyrrole nitrogens is 1. The molecule has 6 heteroatoms. The Morgan fingerprint density at radius 2 is 2.17 bits per heavy atom. The first-order valence-corrected chi connectivity index (χ1v) is 8.19. The lowest BCUT2D eigenvalue weighted by molar-refractivity contribution is 0.0938. The van der Waals surface area contributed by atoms with E-state index in [0.29, 0.717) is 17.6 Å². The van der Waals surface area contributed by atoms with E-state index in [1.54, 1.807) is 23.5 Å². The normalized spacial score (nSPS) is 12.7. The van der Waals surface area contributed by atoms with E-state index in [2.05, 4.69) is 21.3 Å². The fourth-order valence-corrected chi connectivity index (χ4v) is 3.45. The Hall–Kier alpha value is -2.18. The molecule has 0 fully saturated rings. The Morgan fingerprint density at radius 1 is 1.35 bits per heavy atom. The molecule has 0 radical (unpaired) electrons. The molecule has 0 aliphatic rings. The van der Waals surface area contributed by atoms with Crippen LogP contribution in [-0.4, -0.2) is 36.4 Å². The van der Waals surface area contributed by atoms with E-state index in [1.807, 2.05) is 25.5 Å². The van der Waals surface area contributed by atoms with Gasteiger partial charge in [-0.2, -0.15) is 0 Å². The van der Waals surface area contributed by atoms with Crippen molar-refractivity contribution in [2.75, 3.05) is 20.6 Å². The molecule has 0 spiro atoms. The first-order valence-electron chi connectivity index (χ1n) is 7.31. The number of carbonyl (C=O) groups is 1. The molecule has 1 amide bonds. The van der Waals surface area contributed by atoms with Gasteiger partial charge in [-0.25, -0.2) is 4.39 Å². The molecule has 0 saturated carbocycles. The van der Waals surface area contributed by atoms with Crippen LogP contribution in [0.2, 0.25) is 0 Å². The lowest BCUT2D eigenvalue weighted by atomic mass is 10.2. The third-order valence-electron chi connectivity index (χ3n) is 3.78. The van der Waals surface area contributed by atoms with E-state index in [0.717, 1.165) is 5.52 Å². The molecule has 2 aromatic heterocycles. The van der Waals surface area contributed by atoms with E-state index < -0.39 is 0 Å². The van der Waals surface area contributed by atoms with E-state index in [9.17, 15) is 9.18 Å². The van der Waals surface area contributed by atoms with Gasteiger partial charge in [-0.15, -0.1) is 11.3 Å². The molecule has 1 aromatic carbocycles. The zero-order valence-corrected chi connectivity index (χ0v) is 13.8. The zero-order chi connectivity index (χ0) is 16.4. The second-order valence-corrected chi connectivity index (χ2v) is 6.60. The van der Waals surface area contributed by atoms with Crippen LogP contribution in [0, 0.1) is 5.82 Å². The third-order valence-corrected chi connectivity index (χ3v) is 4.75. The summed E-state index contributed by atoms with van der Waals surface area (Å²) in [6.07, 6.45) is 0. The number of aromatic nitrogens is 1. The van der Waals surface area contributed by atoms with Crippen LogP contribution in [-0.2, 0) is 0 Å². The van der Waals surface area contributed by atoms with Crippen molar-refractivity contribution >= 4 is 28.1 Å². The summed E-state index contributed by atoms with van der Waals surface area (Å²) >= 11 is 1.67. The van der Waals surface area contributed by atoms with Crippen molar-refractivity contribution in [3.8, 4) is 0 Å². The van der Waals surface area contributed by atoms with Crippen molar-refractivity contribution in [2.45, 2.75) is 6.04 Å². The highest BCUT2D eigenvalue weighted by atomic mass is 32.1. The number of amides is 1. The molecule has 0 aliphatic heterocycles. The summed E-state index contributed by atoms with van der Waals surface area (Å²) in [6, 6.07) is 10.3. The Balaban J connectivity index is 1.72. The van der Waals surface area contributed by atoms with Crippen molar-refractivity contribution in [2.24, 2.45) is 0 Å². The smallest absolute Gasteiger partial charge is 0.267 e. The minimum absolute atomic E-state index is 0.126. The highest BCUT2D eigenvalue weighted by Gasteiger charge is 2.17. The van der Waals surface area contributed by atoms with Crippen LogP contribution in [0.15, 0.2) is 41.8 Å². The van der Waals surface area contributed by atoms with Crippen molar-refractivity contribution in [1.29, 1.82) is 0 Å². The number of rotatable bonds is 5. The summed E-state index contributed by atoms with van der Waals surface area (Å²) < 4.78 is 13.2. The van der Waals surface area contributed by atoms with Gasteiger partial charge in [0.05, 0.1) is 6.04 Å². The summed E-state index contributed by atoms with van der Waals surface area (Å²) in [5.41, 5.74) is 1.19. The number of halogens is 1. The van der Waals surface area contributed by atoms with Gasteiger partial charge in [0.15, 0.2) is 0 Å². The molecule has 0 bridgehead atoms. The van der Waals surface area contributed by atoms with Crippen LogP contribution in [0.3, 0.4) is 0 Å². The van der Waals surface area contributed by atoms with Gasteiger partial charge in [0.25, 0.3) is 5.91 Å². The maximum absolute atomic E-state index is 13.2. The van der Waals surface area contributed by atoms with Crippen molar-refractivity contribution in [3.63, 3.8) is 0 Å². The number of nitrogens with one attached hydrogen (secondary N) is 2. The second-order valence-electron chi connectivity index (χ2n) is 5.62. The number of aromatic amines is 1. The van der Waals surface area contributed by atoms with Gasteiger partial charge < -0.3 is 15.2 Å². The molecule has 1 unspecified atom stereocenters. The predicted octanol–water partition coefficient (Wildman–Crippen LogP) is 3.40. The van der Waals surface area contributed by atoms with Gasteiger partial charge >= 0.3 is 0 Å². The molecule has 3 aromatic rings. The van der Waals surface area contributed by atoms with Gasteiger partial charge in [0.2, 0.25) is 0 Å². The Morgan fingerprint density at radius 3 is 2.87 bits per heavy atom. The summed E-state index contributed by atoms with van der Waals surface area (Å²) in [7, 11) is 3.98. The minimum Gasteiger partial charge on any atom is -0.351 e. The van der Waals surface area contributed by atoms with Crippen LogP contribution in [0.25, 0.3) is 10.9 Å². The largest absolute Gasteiger partial charge is 0.351 e. The highest BCUT2D eigenvalue weighted by molar-refractivity contribution is 7.10. The zero-order valence-electron chi connectivity index (χ0n) is 13.0. The van der Waals surface area contributed by atoms with Crippen molar-refractivity contribution in [3.05, 3.63) is 58.2 Å². The Bertz CT molecular complexity index is 810. The Kier molecular flexibility index (Phi) is 4.45. The van der Waals surface area contributed by atoms with Crippen LogP contribution < -0.4 is 5.32 Å². The van der Waals surface area contributed by atoms with Crippen LogP contribution in [0.5, 0.6) is 0 Å². The summed E-state index contributed by atoms with van der Waals surface area (Å²) in [6.45, 7) is 0.510. The number of benzene rings is 1. The Labute approximate surface area is 137 Å². The minimum atomic E-state index is -0.311. The SMILES string of the molecule is CN(C)C(CNC(=O)c1cc2cc(F)ccc2[nH]1)c1cccs1. The number of thiophene rings is 1. The first-order chi connectivity index (χ1) is 11.0. The number of hydrogen-bond donors (Lipinski definition) is 2. The second kappa shape index (κ2) is 6.52. The average Bonchev–Trinajstić information content (AvgIpc) is 3.15. The number of fused-ring (bicyclic) bond motifs is 1. The van der Waals surface area contributed by atoms with Crippen molar-refractivity contribution < 1.29 is 9.18 Å². The van der Waals surface area contributed by atoms with Crippen LogP contribution in [0.1, 0.15) is 21.4 Å². The van der Waals surface area contributed by atoms with Crippen LogP contribution in [0.4, 0.5) is 4.39 Å². The monoisotopic (exact) mass is 331 g/mol. The molecular weight excluding hydrogens is 313 g/mol. The van der Waals surface area contributed by atoms with Gasteiger partial charge in [-0.1, -0.05) is 6.07 Å². The van der Waals surface area contributed by atoms with Gasteiger partial charge in [-0.3, -0.25) is 4.79 Å². The molecule has 2 N–H and O–H groups in total. The standard InChI is InChI=1S/C17H18FN3OS/c1-21(2)15(16-4-3-7-23-16)10-19-17(22)14-9-11-8-12(18)5-6-13(11)20-14/h3-9,15,20H,10H2,1-2H3,(H,19,22). The maximum Gasteiger partial charge on any atom is 0.267 e. The number of nitrogens with zero attached hydrogens (tertiary/aromatic N) is 1. The fraction of sp³-hybridized carbons (Fsp3) is 0.235. The molecule has 0 aliphatic carbocycles. The quantitative estimate of drug-likeness (QED) is 0.753. The number of likely N-dealkylation sites (N-methyl/N-ethyl adjacent to an activating group) is 1. The molecule has 120 valence electrons. The lowest BCUT2D eigenvalue weighted by Crippen LogP contribution is -2.34. The molecule has 3 rings (SSSR count). The van der Waals surface area contributed by atoms with Crippen LogP contribution >= 0.6 is 11.3 Å². The van der Waals surface area contributed by atoms with E-state index in [4.69, 9.17) is 0 Å². The maximum atomic E-state index is 13.2. The predicted molar refractivity (Wildman–Crippen MR) is 91.3 cm³/mol. The summed E-state index contributed by atoms with van der Waals surface area (Å²) in [5.74, 6) is -0.501. The molecule has 4 nitrogen and oxygen atoms in total. The van der Waals surface area contributed by atoms with Gasteiger partial charge in [0, 0.05) is 22.3 Å². The summed E-state index contributed by atoms with van der Waals surface area (Å²) in [4.78, 5) is 18.6. The molecule has 0 saturated heterocycles. The molecular formula is C17H18FN3OS. The van der Waals surface area contributed by atoms with Crippen molar-refractivity contribution in [1.82, 2.24) is 15.2 Å². The summed E-state index contributed by atoms with van der Waals surface area (Å²) in [5, 5.41) is 5.67. The first kappa shape index (κ1) is 15.7. The number of carbonyl (C=O) groups excluding carboxylic acids is 1. The van der Waals surface area contributed by atoms with Gasteiger partial charge in [0.1, 0.15) is 11.5 Å². The highest BCUT2D eigenvalue weighted by Crippen LogP contribution is 2.22. The third kappa shape index (κ3) is 3.43. The van der Waals surface area contributed by atoms with Gasteiger partial charge in [-0.05, 0) is 49.8 Å². The molecule has 1 atom stereocenters. The number of hydrogen-bond acceptors (Lipinski definition) is 3. The average molecular weight is 331 g/mol.